The summed E-state index contributed by atoms with van der Waals surface area (Å²) in [5, 5.41) is 3.12. The Hall–Kier alpha value is -4.21. The molecule has 230 valence electrons. The second-order valence-electron chi connectivity index (χ2n) is 10.5. The first-order valence-corrected chi connectivity index (χ1v) is 16.0. The number of rotatable bonds is 12. The van der Waals surface area contributed by atoms with E-state index in [2.05, 4.69) is 5.32 Å². The summed E-state index contributed by atoms with van der Waals surface area (Å²) in [4.78, 5) is 29.3. The SMILES string of the molecule is CCNC(=O)[C@H](Cc1ccccc1)N(Cc1ccc(F)cc1)C(=O)CN(c1cc(Cl)ccc1C)S(=O)(=O)c1ccc(C)cc1. The lowest BCUT2D eigenvalue weighted by molar-refractivity contribution is -0.140. The Morgan fingerprint density at radius 3 is 2.18 bits per heavy atom. The monoisotopic (exact) mass is 635 g/mol. The Labute approximate surface area is 263 Å². The van der Waals surface area contributed by atoms with Crippen LogP contribution in [0.4, 0.5) is 10.1 Å². The molecule has 0 saturated heterocycles. The number of anilines is 1. The van der Waals surface area contributed by atoms with E-state index in [0.29, 0.717) is 22.7 Å². The molecule has 1 atom stereocenters. The van der Waals surface area contributed by atoms with Gasteiger partial charge in [0, 0.05) is 24.5 Å². The van der Waals surface area contributed by atoms with Crippen LogP contribution < -0.4 is 9.62 Å². The number of likely N-dealkylation sites (N-methyl/N-ethyl adjacent to an activating group) is 1. The highest BCUT2D eigenvalue weighted by atomic mass is 35.5. The molecular weight excluding hydrogens is 601 g/mol. The number of nitrogens with one attached hydrogen (secondary N) is 1. The first-order chi connectivity index (χ1) is 21.0. The molecule has 2 amide bonds. The lowest BCUT2D eigenvalue weighted by Crippen LogP contribution is -2.53. The van der Waals surface area contributed by atoms with Crippen LogP contribution in [0.3, 0.4) is 0 Å². The summed E-state index contributed by atoms with van der Waals surface area (Å²) in [7, 11) is -4.26. The van der Waals surface area contributed by atoms with Gasteiger partial charge >= 0.3 is 0 Å². The van der Waals surface area contributed by atoms with E-state index in [1.165, 1.54) is 47.4 Å². The normalized spacial score (nSPS) is 11.9. The zero-order valence-corrected chi connectivity index (χ0v) is 26.4. The van der Waals surface area contributed by atoms with Crippen LogP contribution in [0, 0.1) is 19.7 Å². The van der Waals surface area contributed by atoms with Crippen molar-refractivity contribution in [2.75, 3.05) is 17.4 Å². The number of nitrogens with zero attached hydrogens (tertiary/aromatic N) is 2. The van der Waals surface area contributed by atoms with Crippen LogP contribution in [0.5, 0.6) is 0 Å². The lowest BCUT2D eigenvalue weighted by Gasteiger charge is -2.34. The molecule has 4 aromatic carbocycles. The van der Waals surface area contributed by atoms with Crippen LogP contribution in [0.25, 0.3) is 0 Å². The zero-order chi connectivity index (χ0) is 31.9. The van der Waals surface area contributed by atoms with Gasteiger partial charge in [-0.2, -0.15) is 0 Å². The number of carbonyl (C=O) groups excluding carboxylic acids is 2. The molecule has 0 fully saturated rings. The summed E-state index contributed by atoms with van der Waals surface area (Å²) >= 11 is 6.31. The van der Waals surface area contributed by atoms with Gasteiger partial charge in [-0.15, -0.1) is 0 Å². The van der Waals surface area contributed by atoms with Gasteiger partial charge in [-0.1, -0.05) is 77.8 Å². The molecule has 0 aliphatic rings. The Morgan fingerprint density at radius 2 is 1.55 bits per heavy atom. The van der Waals surface area contributed by atoms with E-state index >= 15 is 0 Å². The Morgan fingerprint density at radius 1 is 0.886 bits per heavy atom. The van der Waals surface area contributed by atoms with Crippen molar-refractivity contribution in [1.29, 1.82) is 0 Å². The van der Waals surface area contributed by atoms with E-state index in [1.807, 2.05) is 37.3 Å². The number of halogens is 2. The summed E-state index contributed by atoms with van der Waals surface area (Å²) in [5.74, 6) is -1.45. The van der Waals surface area contributed by atoms with E-state index in [0.717, 1.165) is 15.4 Å². The molecule has 44 heavy (non-hydrogen) atoms. The maximum Gasteiger partial charge on any atom is 0.264 e. The second kappa shape index (κ2) is 14.5. The topological polar surface area (TPSA) is 86.8 Å². The molecule has 0 aliphatic carbocycles. The predicted molar refractivity (Wildman–Crippen MR) is 171 cm³/mol. The average Bonchev–Trinajstić information content (AvgIpc) is 3.00. The second-order valence-corrected chi connectivity index (χ2v) is 12.8. The average molecular weight is 636 g/mol. The van der Waals surface area contributed by atoms with Gasteiger partial charge in [-0.25, -0.2) is 12.8 Å². The van der Waals surface area contributed by atoms with Gasteiger partial charge in [-0.3, -0.25) is 13.9 Å². The highest BCUT2D eigenvalue weighted by Crippen LogP contribution is 2.30. The van der Waals surface area contributed by atoms with Crippen molar-refractivity contribution in [3.63, 3.8) is 0 Å². The zero-order valence-electron chi connectivity index (χ0n) is 24.8. The molecule has 7 nitrogen and oxygen atoms in total. The number of aryl methyl sites for hydroxylation is 2. The number of sulfonamides is 1. The first kappa shape index (κ1) is 32.7. The van der Waals surface area contributed by atoms with Crippen molar-refractivity contribution in [2.45, 2.75) is 44.7 Å². The van der Waals surface area contributed by atoms with Crippen molar-refractivity contribution in [3.05, 3.63) is 130 Å². The highest BCUT2D eigenvalue weighted by molar-refractivity contribution is 7.92. The van der Waals surface area contributed by atoms with E-state index in [4.69, 9.17) is 11.6 Å². The largest absolute Gasteiger partial charge is 0.355 e. The van der Waals surface area contributed by atoms with E-state index in [-0.39, 0.29) is 23.5 Å². The van der Waals surface area contributed by atoms with Crippen LogP contribution >= 0.6 is 11.6 Å². The van der Waals surface area contributed by atoms with Gasteiger partial charge in [-0.05, 0) is 73.9 Å². The summed E-state index contributed by atoms with van der Waals surface area (Å²) < 4.78 is 43.1. The number of carbonyl (C=O) groups is 2. The smallest absolute Gasteiger partial charge is 0.264 e. The third-order valence-corrected chi connectivity index (χ3v) is 9.23. The lowest BCUT2D eigenvalue weighted by atomic mass is 10.0. The van der Waals surface area contributed by atoms with Crippen LogP contribution in [0.1, 0.15) is 29.2 Å². The molecule has 0 aromatic heterocycles. The fraction of sp³-hybridized carbons (Fsp3) is 0.235. The highest BCUT2D eigenvalue weighted by Gasteiger charge is 2.35. The molecule has 4 rings (SSSR count). The standard InChI is InChI=1S/C34H35ClFN3O4S/c1-4-37-34(41)32(20-26-8-6-5-7-9-26)38(22-27-13-16-29(36)17-14-27)33(40)23-39(31-21-28(35)15-12-25(31)3)44(42,43)30-18-10-24(2)11-19-30/h5-19,21,32H,4,20,22-23H2,1-3H3,(H,37,41)/t32-/m0/s1. The van der Waals surface area contributed by atoms with E-state index < -0.39 is 40.2 Å². The predicted octanol–water partition coefficient (Wildman–Crippen LogP) is 6.07. The van der Waals surface area contributed by atoms with Crippen LogP contribution in [-0.2, 0) is 32.6 Å². The summed E-state index contributed by atoms with van der Waals surface area (Å²) in [6.07, 6.45) is 0.181. The number of hydrogen-bond donors (Lipinski definition) is 1. The minimum Gasteiger partial charge on any atom is -0.355 e. The molecule has 0 spiro atoms. The van der Waals surface area contributed by atoms with Gasteiger partial charge in [0.25, 0.3) is 10.0 Å². The van der Waals surface area contributed by atoms with Gasteiger partial charge < -0.3 is 10.2 Å². The summed E-state index contributed by atoms with van der Waals surface area (Å²) in [5.41, 5.74) is 3.10. The van der Waals surface area contributed by atoms with Crippen molar-refractivity contribution in [3.8, 4) is 0 Å². The van der Waals surface area contributed by atoms with Crippen LogP contribution in [0.15, 0.2) is 102 Å². The van der Waals surface area contributed by atoms with Crippen molar-refractivity contribution >= 4 is 39.1 Å². The third-order valence-electron chi connectivity index (χ3n) is 7.22. The minimum absolute atomic E-state index is 0.00456. The molecule has 4 aromatic rings. The van der Waals surface area contributed by atoms with E-state index in [1.54, 1.807) is 38.1 Å². The minimum atomic E-state index is -4.26. The maximum atomic E-state index is 14.4. The molecule has 0 unspecified atom stereocenters. The molecule has 0 radical (unpaired) electrons. The molecule has 0 heterocycles. The molecule has 10 heteroatoms. The molecule has 1 N–H and O–H groups in total. The number of amides is 2. The molecule has 0 saturated carbocycles. The van der Waals surface area contributed by atoms with E-state index in [9.17, 15) is 22.4 Å². The van der Waals surface area contributed by atoms with Crippen molar-refractivity contribution < 1.29 is 22.4 Å². The van der Waals surface area contributed by atoms with Crippen molar-refractivity contribution in [2.24, 2.45) is 0 Å². The Kier molecular flexibility index (Phi) is 10.8. The quantitative estimate of drug-likeness (QED) is 0.205. The van der Waals surface area contributed by atoms with Crippen LogP contribution in [-0.4, -0.2) is 44.3 Å². The number of benzene rings is 4. The summed E-state index contributed by atoms with van der Waals surface area (Å²) in [6.45, 7) is 5.03. The van der Waals surface area contributed by atoms with Gasteiger partial charge in [0.2, 0.25) is 11.8 Å². The summed E-state index contributed by atoms with van der Waals surface area (Å²) in [6, 6.07) is 25.1. The maximum absolute atomic E-state index is 14.4. The molecular formula is C34H35ClFN3O4S. The van der Waals surface area contributed by atoms with Crippen molar-refractivity contribution in [1.82, 2.24) is 10.2 Å². The van der Waals surface area contributed by atoms with Crippen LogP contribution in [0.2, 0.25) is 5.02 Å². The van der Waals surface area contributed by atoms with Gasteiger partial charge in [0.05, 0.1) is 10.6 Å². The molecule has 0 bridgehead atoms. The Balaban J connectivity index is 1.82. The van der Waals surface area contributed by atoms with Gasteiger partial charge in [0.1, 0.15) is 18.4 Å². The first-order valence-electron chi connectivity index (χ1n) is 14.2. The Bertz CT molecular complexity index is 1700. The van der Waals surface area contributed by atoms with Gasteiger partial charge in [0.15, 0.2) is 0 Å². The number of hydrogen-bond acceptors (Lipinski definition) is 4. The molecule has 0 aliphatic heterocycles. The fourth-order valence-corrected chi connectivity index (χ4v) is 6.47. The fourth-order valence-electron chi connectivity index (χ4n) is 4.83. The third kappa shape index (κ3) is 8.03.